The minimum atomic E-state index is -0.475. The number of aromatic nitrogens is 1. The van der Waals surface area contributed by atoms with Crippen molar-refractivity contribution in [1.29, 1.82) is 0 Å². The summed E-state index contributed by atoms with van der Waals surface area (Å²) >= 11 is 1.42. The van der Waals surface area contributed by atoms with E-state index in [-0.39, 0.29) is 54.6 Å². The van der Waals surface area contributed by atoms with Gasteiger partial charge in [0.05, 0.1) is 35.8 Å². The molecule has 3 aliphatic rings. The number of anilines is 1. The molecule has 0 aliphatic carbocycles. The largest absolute Gasteiger partial charge is 0.375 e. The van der Waals surface area contributed by atoms with Crippen LogP contribution in [0, 0.1) is 11.8 Å². The molecule has 158 valence electrons. The number of thiazole rings is 1. The van der Waals surface area contributed by atoms with Gasteiger partial charge in [-0.25, -0.2) is 4.98 Å². The third-order valence-electron chi connectivity index (χ3n) is 5.78. The number of hydrogen-bond donors (Lipinski definition) is 3. The van der Waals surface area contributed by atoms with Gasteiger partial charge in [0.2, 0.25) is 11.8 Å². The van der Waals surface area contributed by atoms with E-state index in [1.807, 2.05) is 5.38 Å². The molecule has 1 aromatic heterocycles. The van der Waals surface area contributed by atoms with Crippen LogP contribution in [0.1, 0.15) is 25.0 Å². The van der Waals surface area contributed by atoms with Gasteiger partial charge in [0, 0.05) is 25.0 Å². The predicted molar refractivity (Wildman–Crippen MR) is 112 cm³/mol. The highest BCUT2D eigenvalue weighted by atomic mass is 35.5. The number of rotatable bonds is 7. The van der Waals surface area contributed by atoms with Gasteiger partial charge in [-0.15, -0.1) is 36.2 Å². The summed E-state index contributed by atoms with van der Waals surface area (Å²) in [5.74, 6) is -0.779. The smallest absolute Gasteiger partial charge is 0.229 e. The maximum atomic E-state index is 12.8. The van der Waals surface area contributed by atoms with Crippen LogP contribution in [-0.2, 0) is 20.7 Å². The Morgan fingerprint density at radius 1 is 1.46 bits per heavy atom. The number of hydrogen-bond acceptors (Lipinski definition) is 7. The van der Waals surface area contributed by atoms with Gasteiger partial charge in [0.1, 0.15) is 0 Å². The highest BCUT2D eigenvalue weighted by Gasteiger charge is 2.68. The molecule has 4 rings (SSSR count). The lowest BCUT2D eigenvalue weighted by atomic mass is 9.73. The van der Waals surface area contributed by atoms with Crippen molar-refractivity contribution in [1.82, 2.24) is 15.2 Å². The van der Waals surface area contributed by atoms with Crippen molar-refractivity contribution >= 4 is 53.1 Å². The molecule has 3 saturated heterocycles. The second kappa shape index (κ2) is 9.13. The topological polar surface area (TPSA) is 124 Å². The highest BCUT2D eigenvalue weighted by Crippen LogP contribution is 2.55. The summed E-state index contributed by atoms with van der Waals surface area (Å²) in [4.78, 5) is 31.5. The van der Waals surface area contributed by atoms with Crippen LogP contribution in [0.25, 0.3) is 0 Å². The van der Waals surface area contributed by atoms with E-state index in [0.29, 0.717) is 31.3 Å². The third-order valence-corrected chi connectivity index (χ3v) is 6.50. The van der Waals surface area contributed by atoms with Crippen LogP contribution < -0.4 is 16.8 Å². The molecule has 4 atom stereocenters. The second-order valence-electron chi connectivity index (χ2n) is 7.38. The Kier molecular flexibility index (Phi) is 7.55. The monoisotopic (exact) mass is 451 g/mol. The first-order valence-electron chi connectivity index (χ1n) is 9.18. The fourth-order valence-electron chi connectivity index (χ4n) is 4.72. The SMILES string of the molecule is Cl.Cl.NCCN1C[C@]23CC[C@H](O2)[C@H](C(=O)NCCCc2csc(N)n2)[C@@H]3C1=O. The summed E-state index contributed by atoms with van der Waals surface area (Å²) in [5.41, 5.74) is 11.7. The fraction of sp³-hybridized carbons (Fsp3) is 0.706. The Balaban J connectivity index is 0.00000140. The number of ether oxygens (including phenoxy) is 1. The van der Waals surface area contributed by atoms with Crippen LogP contribution in [0.5, 0.6) is 0 Å². The number of nitrogens with one attached hydrogen (secondary N) is 1. The van der Waals surface area contributed by atoms with E-state index >= 15 is 0 Å². The van der Waals surface area contributed by atoms with Gasteiger partial charge in [0.25, 0.3) is 0 Å². The molecular weight excluding hydrogens is 425 g/mol. The summed E-state index contributed by atoms with van der Waals surface area (Å²) in [6, 6.07) is 0. The minimum Gasteiger partial charge on any atom is -0.375 e. The van der Waals surface area contributed by atoms with Gasteiger partial charge >= 0.3 is 0 Å². The molecule has 1 aromatic rings. The Labute approximate surface area is 180 Å². The number of amides is 2. The van der Waals surface area contributed by atoms with Gasteiger partial charge in [-0.2, -0.15) is 0 Å². The molecule has 8 nitrogen and oxygen atoms in total. The molecule has 2 amide bonds. The van der Waals surface area contributed by atoms with E-state index in [9.17, 15) is 9.59 Å². The molecule has 3 aliphatic heterocycles. The average Bonchev–Trinajstić information content (AvgIpc) is 3.34. The van der Waals surface area contributed by atoms with E-state index in [0.717, 1.165) is 31.4 Å². The zero-order valence-corrected chi connectivity index (χ0v) is 17.9. The molecule has 0 aromatic carbocycles. The second-order valence-corrected chi connectivity index (χ2v) is 8.27. The van der Waals surface area contributed by atoms with Gasteiger partial charge in [-0.05, 0) is 25.7 Å². The zero-order chi connectivity index (χ0) is 18.3. The number of nitrogens with zero attached hydrogens (tertiary/aromatic N) is 2. The minimum absolute atomic E-state index is 0. The average molecular weight is 452 g/mol. The molecule has 1 spiro atoms. The number of carbonyl (C=O) groups excluding carboxylic acids is 2. The molecule has 4 heterocycles. The zero-order valence-electron chi connectivity index (χ0n) is 15.5. The molecule has 0 unspecified atom stereocenters. The predicted octanol–water partition coefficient (Wildman–Crippen LogP) is 0.582. The van der Waals surface area contributed by atoms with Crippen LogP contribution in [0.4, 0.5) is 5.13 Å². The number of halogens is 2. The first-order valence-corrected chi connectivity index (χ1v) is 10.1. The van der Waals surface area contributed by atoms with Crippen molar-refractivity contribution in [3.05, 3.63) is 11.1 Å². The normalized spacial score (nSPS) is 30.0. The lowest BCUT2D eigenvalue weighted by molar-refractivity contribution is -0.138. The van der Waals surface area contributed by atoms with Crippen molar-refractivity contribution < 1.29 is 14.3 Å². The van der Waals surface area contributed by atoms with E-state index in [1.165, 1.54) is 11.3 Å². The molecule has 5 N–H and O–H groups in total. The van der Waals surface area contributed by atoms with Gasteiger partial charge < -0.3 is 26.4 Å². The molecule has 11 heteroatoms. The summed E-state index contributed by atoms with van der Waals surface area (Å²) in [6.45, 7) is 2.07. The molecule has 28 heavy (non-hydrogen) atoms. The first-order chi connectivity index (χ1) is 12.5. The molecular formula is C17H27Cl2N5O3S. The van der Waals surface area contributed by atoms with E-state index in [4.69, 9.17) is 16.2 Å². The molecule has 3 fully saturated rings. The van der Waals surface area contributed by atoms with E-state index < -0.39 is 5.60 Å². The summed E-state index contributed by atoms with van der Waals surface area (Å²) in [5, 5.41) is 5.50. The highest BCUT2D eigenvalue weighted by molar-refractivity contribution is 7.13. The number of nitrogens with two attached hydrogens (primary N) is 2. The van der Waals surface area contributed by atoms with Crippen molar-refractivity contribution in [3.63, 3.8) is 0 Å². The Hall–Kier alpha value is -1.13. The van der Waals surface area contributed by atoms with Gasteiger partial charge in [-0.3, -0.25) is 9.59 Å². The molecule has 0 saturated carbocycles. The van der Waals surface area contributed by atoms with Gasteiger partial charge in [0.15, 0.2) is 5.13 Å². The van der Waals surface area contributed by atoms with E-state index in [1.54, 1.807) is 4.90 Å². The third kappa shape index (κ3) is 3.95. The number of nitrogen functional groups attached to an aromatic ring is 1. The quantitative estimate of drug-likeness (QED) is 0.520. The summed E-state index contributed by atoms with van der Waals surface area (Å²) in [6.07, 6.45) is 3.12. The molecule has 2 bridgehead atoms. The molecule has 0 radical (unpaired) electrons. The lowest BCUT2D eigenvalue weighted by Crippen LogP contribution is -2.46. The van der Waals surface area contributed by atoms with E-state index in [2.05, 4.69) is 10.3 Å². The summed E-state index contributed by atoms with van der Waals surface area (Å²) < 4.78 is 6.16. The Morgan fingerprint density at radius 3 is 2.93 bits per heavy atom. The van der Waals surface area contributed by atoms with Crippen molar-refractivity contribution in [2.75, 3.05) is 31.9 Å². The number of fused-ring (bicyclic) bond motifs is 1. The van der Waals surface area contributed by atoms with Crippen LogP contribution in [-0.4, -0.2) is 59.6 Å². The number of carbonyl (C=O) groups is 2. The maximum Gasteiger partial charge on any atom is 0.229 e. The Bertz CT molecular complexity index is 721. The maximum absolute atomic E-state index is 12.8. The first kappa shape index (κ1) is 23.2. The van der Waals surface area contributed by atoms with Gasteiger partial charge in [-0.1, -0.05) is 0 Å². The van der Waals surface area contributed by atoms with Crippen LogP contribution in [0.15, 0.2) is 5.38 Å². The fourth-order valence-corrected chi connectivity index (χ4v) is 5.32. The standard InChI is InChI=1S/C17H25N5O3S.2ClH/c18-5-7-22-9-17-4-3-11(25-17)12(13(17)15(22)24)14(23)20-6-1-2-10-8-26-16(19)21-10;;/h8,11-13H,1-7,9,18H2,(H2,19,21)(H,20,23);2*1H/t11-,12-,13+,17-;;/m0../s1. The number of aryl methyl sites for hydroxylation is 1. The van der Waals surface area contributed by atoms with Crippen molar-refractivity contribution in [2.24, 2.45) is 17.6 Å². The number of likely N-dealkylation sites (tertiary alicyclic amines) is 1. The Morgan fingerprint density at radius 2 is 2.25 bits per heavy atom. The summed E-state index contributed by atoms with van der Waals surface area (Å²) in [7, 11) is 0. The van der Waals surface area contributed by atoms with Crippen LogP contribution >= 0.6 is 36.2 Å². The van der Waals surface area contributed by atoms with Crippen LogP contribution in [0.2, 0.25) is 0 Å². The van der Waals surface area contributed by atoms with Crippen LogP contribution in [0.3, 0.4) is 0 Å². The van der Waals surface area contributed by atoms with Crippen molar-refractivity contribution in [3.8, 4) is 0 Å². The lowest BCUT2D eigenvalue weighted by Gasteiger charge is -2.27. The van der Waals surface area contributed by atoms with Crippen molar-refractivity contribution in [2.45, 2.75) is 37.4 Å².